The van der Waals surface area contributed by atoms with Gasteiger partial charge in [0, 0.05) is 11.3 Å². The van der Waals surface area contributed by atoms with Crippen molar-refractivity contribution in [2.75, 3.05) is 24.1 Å². The third-order valence-corrected chi connectivity index (χ3v) is 5.40. The van der Waals surface area contributed by atoms with Gasteiger partial charge in [-0.25, -0.2) is 14.1 Å². The molecule has 3 aromatic rings. The van der Waals surface area contributed by atoms with Crippen molar-refractivity contribution >= 4 is 17.7 Å². The smallest absolute Gasteiger partial charge is 0.272 e. The molecule has 0 aliphatic carbocycles. The molecule has 3 heterocycles. The summed E-state index contributed by atoms with van der Waals surface area (Å²) in [5.41, 5.74) is 0.460. The second-order valence-electron chi connectivity index (χ2n) is 6.27. The molecule has 2 aliphatic rings. The molecule has 148 valence electrons. The molecular weight excluding hydrogens is 399 g/mol. The molecule has 0 saturated carbocycles. The van der Waals surface area contributed by atoms with Gasteiger partial charge in [-0.05, 0) is 30.3 Å². The lowest BCUT2D eigenvalue weighted by atomic mass is 10.2. The standard InChI is InChI=1S/C19H15FN4O4S/c20-13-3-1-2-4-14(13)26-10-17-21-22-19-24(17)23(7-8-29-19)18(25)12-5-6-15-16(9-12)28-11-27-15/h1-6,9H,7-8,10-11H2. The van der Waals surface area contributed by atoms with Gasteiger partial charge in [-0.3, -0.25) is 4.79 Å². The number of benzene rings is 2. The maximum absolute atomic E-state index is 13.8. The number of rotatable bonds is 4. The van der Waals surface area contributed by atoms with Crippen molar-refractivity contribution in [3.63, 3.8) is 0 Å². The van der Waals surface area contributed by atoms with Crippen LogP contribution in [0.1, 0.15) is 16.2 Å². The average molecular weight is 414 g/mol. The summed E-state index contributed by atoms with van der Waals surface area (Å²) in [6.45, 7) is 0.579. The number of amides is 1. The number of thioether (sulfide) groups is 1. The van der Waals surface area contributed by atoms with Gasteiger partial charge in [0.1, 0.15) is 6.61 Å². The molecule has 8 nitrogen and oxygen atoms in total. The Labute approximate surface area is 169 Å². The number of carbonyl (C=O) groups excluding carboxylic acids is 1. The van der Waals surface area contributed by atoms with E-state index in [1.54, 1.807) is 40.0 Å². The second kappa shape index (κ2) is 7.28. The third-order valence-electron chi connectivity index (χ3n) is 4.50. The summed E-state index contributed by atoms with van der Waals surface area (Å²) in [6, 6.07) is 11.2. The fraction of sp³-hybridized carbons (Fsp3) is 0.211. The van der Waals surface area contributed by atoms with E-state index in [1.165, 1.54) is 23.9 Å². The molecule has 0 spiro atoms. The molecule has 2 aromatic carbocycles. The molecule has 10 heteroatoms. The van der Waals surface area contributed by atoms with Crippen LogP contribution in [0, 0.1) is 5.82 Å². The van der Waals surface area contributed by atoms with Crippen molar-refractivity contribution in [2.24, 2.45) is 0 Å². The molecule has 0 saturated heterocycles. The van der Waals surface area contributed by atoms with E-state index in [2.05, 4.69) is 10.2 Å². The van der Waals surface area contributed by atoms with Gasteiger partial charge < -0.3 is 14.2 Å². The van der Waals surface area contributed by atoms with Gasteiger partial charge in [-0.2, -0.15) is 0 Å². The molecule has 0 fully saturated rings. The Bertz CT molecular complexity index is 1090. The van der Waals surface area contributed by atoms with Crippen LogP contribution in [-0.2, 0) is 6.61 Å². The highest BCUT2D eigenvalue weighted by Gasteiger charge is 2.29. The van der Waals surface area contributed by atoms with Crippen LogP contribution in [0.5, 0.6) is 17.2 Å². The Balaban J connectivity index is 1.42. The molecule has 5 rings (SSSR count). The molecular formula is C19H15FN4O4S. The highest BCUT2D eigenvalue weighted by molar-refractivity contribution is 7.99. The predicted octanol–water partition coefficient (Wildman–Crippen LogP) is 2.61. The lowest BCUT2D eigenvalue weighted by molar-refractivity contribution is 0.0952. The van der Waals surface area contributed by atoms with Crippen molar-refractivity contribution in [2.45, 2.75) is 11.8 Å². The van der Waals surface area contributed by atoms with Crippen LogP contribution in [0.4, 0.5) is 4.39 Å². The number of halogens is 1. The van der Waals surface area contributed by atoms with E-state index >= 15 is 0 Å². The van der Waals surface area contributed by atoms with E-state index in [0.29, 0.717) is 40.3 Å². The second-order valence-corrected chi connectivity index (χ2v) is 7.34. The van der Waals surface area contributed by atoms with Crippen LogP contribution >= 0.6 is 11.8 Å². The Kier molecular flexibility index (Phi) is 4.47. The fourth-order valence-corrected chi connectivity index (χ4v) is 3.99. The average Bonchev–Trinajstić information content (AvgIpc) is 3.39. The van der Waals surface area contributed by atoms with Gasteiger partial charge in [0.25, 0.3) is 5.91 Å². The van der Waals surface area contributed by atoms with E-state index in [4.69, 9.17) is 14.2 Å². The van der Waals surface area contributed by atoms with Crippen molar-refractivity contribution in [3.05, 3.63) is 59.7 Å². The molecule has 0 bridgehead atoms. The summed E-state index contributed by atoms with van der Waals surface area (Å²) < 4.78 is 31.7. The number of para-hydroxylation sites is 1. The first kappa shape index (κ1) is 17.8. The van der Waals surface area contributed by atoms with Gasteiger partial charge in [-0.15, -0.1) is 10.2 Å². The van der Waals surface area contributed by atoms with Crippen LogP contribution in [0.15, 0.2) is 47.6 Å². The zero-order chi connectivity index (χ0) is 19.8. The number of nitrogens with zero attached hydrogens (tertiary/aromatic N) is 4. The summed E-state index contributed by atoms with van der Waals surface area (Å²) in [5, 5.41) is 10.4. The summed E-state index contributed by atoms with van der Waals surface area (Å²) in [4.78, 5) is 13.2. The molecule has 1 amide bonds. The van der Waals surface area contributed by atoms with E-state index in [0.717, 1.165) is 0 Å². The van der Waals surface area contributed by atoms with Gasteiger partial charge in [0.15, 0.2) is 28.9 Å². The van der Waals surface area contributed by atoms with Gasteiger partial charge >= 0.3 is 0 Å². The third kappa shape index (κ3) is 3.25. The lowest BCUT2D eigenvalue weighted by Crippen LogP contribution is -2.45. The minimum atomic E-state index is -0.464. The lowest BCUT2D eigenvalue weighted by Gasteiger charge is -2.29. The summed E-state index contributed by atoms with van der Waals surface area (Å²) in [7, 11) is 0. The van der Waals surface area contributed by atoms with Crippen LogP contribution in [0.2, 0.25) is 0 Å². The maximum Gasteiger partial charge on any atom is 0.272 e. The van der Waals surface area contributed by atoms with Crippen LogP contribution in [0.3, 0.4) is 0 Å². The van der Waals surface area contributed by atoms with Crippen LogP contribution in [-0.4, -0.2) is 39.9 Å². The Morgan fingerprint density at radius 2 is 2.03 bits per heavy atom. The first-order chi connectivity index (χ1) is 14.2. The minimum absolute atomic E-state index is 0.0284. The van der Waals surface area contributed by atoms with E-state index in [1.807, 2.05) is 0 Å². The molecule has 0 radical (unpaired) electrons. The maximum atomic E-state index is 13.8. The van der Waals surface area contributed by atoms with Crippen molar-refractivity contribution in [3.8, 4) is 17.2 Å². The monoisotopic (exact) mass is 414 g/mol. The Hall–Kier alpha value is -3.27. The summed E-state index contributed by atoms with van der Waals surface area (Å²) >= 11 is 1.49. The number of aromatic nitrogens is 3. The number of hydrogen-bond acceptors (Lipinski definition) is 7. The van der Waals surface area contributed by atoms with Crippen molar-refractivity contribution in [1.29, 1.82) is 0 Å². The Morgan fingerprint density at radius 1 is 1.17 bits per heavy atom. The van der Waals surface area contributed by atoms with Crippen molar-refractivity contribution < 1.29 is 23.4 Å². The van der Waals surface area contributed by atoms with E-state index in [-0.39, 0.29) is 25.1 Å². The fourth-order valence-electron chi connectivity index (χ4n) is 3.12. The predicted molar refractivity (Wildman–Crippen MR) is 101 cm³/mol. The SMILES string of the molecule is O=C(c1ccc2c(c1)OCO2)N1CCSc2nnc(COc3ccccc3F)n21. The topological polar surface area (TPSA) is 78.7 Å². The first-order valence-corrected chi connectivity index (χ1v) is 9.85. The summed E-state index contributed by atoms with van der Waals surface area (Å²) in [5.74, 6) is 1.66. The molecule has 2 aliphatic heterocycles. The van der Waals surface area contributed by atoms with Crippen LogP contribution < -0.4 is 19.2 Å². The van der Waals surface area contributed by atoms with Crippen LogP contribution in [0.25, 0.3) is 0 Å². The largest absolute Gasteiger partial charge is 0.482 e. The molecule has 0 atom stereocenters. The molecule has 1 aromatic heterocycles. The van der Waals surface area contributed by atoms with E-state index in [9.17, 15) is 9.18 Å². The highest BCUT2D eigenvalue weighted by atomic mass is 32.2. The number of carbonyl (C=O) groups is 1. The quantitative estimate of drug-likeness (QED) is 0.649. The van der Waals surface area contributed by atoms with Gasteiger partial charge in [-0.1, -0.05) is 23.9 Å². The molecule has 0 unspecified atom stereocenters. The summed E-state index contributed by atoms with van der Waals surface area (Å²) in [6.07, 6.45) is 0. The minimum Gasteiger partial charge on any atom is -0.482 e. The first-order valence-electron chi connectivity index (χ1n) is 8.87. The zero-order valence-electron chi connectivity index (χ0n) is 15.1. The van der Waals surface area contributed by atoms with Crippen molar-refractivity contribution in [1.82, 2.24) is 14.9 Å². The number of fused-ring (bicyclic) bond motifs is 2. The number of hydrogen-bond donors (Lipinski definition) is 0. The normalized spacial score (nSPS) is 14.6. The zero-order valence-corrected chi connectivity index (χ0v) is 15.9. The molecule has 0 N–H and O–H groups in total. The van der Waals surface area contributed by atoms with Gasteiger partial charge in [0.05, 0.1) is 6.54 Å². The molecule has 29 heavy (non-hydrogen) atoms. The van der Waals surface area contributed by atoms with Gasteiger partial charge in [0.2, 0.25) is 11.9 Å². The van der Waals surface area contributed by atoms with E-state index < -0.39 is 5.82 Å². The Morgan fingerprint density at radius 3 is 2.93 bits per heavy atom. The highest BCUT2D eigenvalue weighted by Crippen LogP contribution is 2.33. The number of ether oxygens (including phenoxy) is 3.